The minimum absolute atomic E-state index is 0.415. The van der Waals surface area contributed by atoms with E-state index < -0.39 is 9.73 Å². The lowest BCUT2D eigenvalue weighted by atomic mass is 10.6. The zero-order chi connectivity index (χ0) is 9.19. The molecule has 0 aromatic carbocycles. The van der Waals surface area contributed by atoms with Gasteiger partial charge in [-0.05, 0) is 6.42 Å². The smallest absolute Gasteiger partial charge is 0.0851 e. The van der Waals surface area contributed by atoms with Gasteiger partial charge in [0, 0.05) is 19.0 Å². The Morgan fingerprint density at radius 2 is 2.42 bits per heavy atom. The first-order valence-electron chi connectivity index (χ1n) is 3.81. The van der Waals surface area contributed by atoms with Crippen molar-refractivity contribution in [3.8, 4) is 0 Å². The highest BCUT2D eigenvalue weighted by molar-refractivity contribution is 7.92. The van der Waals surface area contributed by atoms with Crippen LogP contribution in [-0.2, 0) is 16.8 Å². The van der Waals surface area contributed by atoms with Gasteiger partial charge in [-0.25, -0.2) is 8.99 Å². The van der Waals surface area contributed by atoms with Crippen molar-refractivity contribution in [2.75, 3.05) is 5.75 Å². The van der Waals surface area contributed by atoms with Gasteiger partial charge in [0.1, 0.15) is 0 Å². The molecule has 0 saturated carbocycles. The zero-order valence-corrected chi connectivity index (χ0v) is 8.10. The van der Waals surface area contributed by atoms with E-state index in [1.54, 1.807) is 17.9 Å². The maximum Gasteiger partial charge on any atom is 0.0851 e. The highest BCUT2D eigenvalue weighted by Gasteiger charge is 2.09. The first-order chi connectivity index (χ1) is 5.56. The normalized spacial score (nSPS) is 15.8. The number of nitrogens with one attached hydrogen (secondary N) is 1. The van der Waals surface area contributed by atoms with Gasteiger partial charge < -0.3 is 0 Å². The monoisotopic (exact) mass is 187 g/mol. The number of aromatic nitrogens is 2. The maximum absolute atomic E-state index is 11.6. The van der Waals surface area contributed by atoms with E-state index in [9.17, 15) is 4.21 Å². The summed E-state index contributed by atoms with van der Waals surface area (Å²) in [4.78, 5) is 0.534. The van der Waals surface area contributed by atoms with E-state index >= 15 is 0 Å². The molecule has 12 heavy (non-hydrogen) atoms. The van der Waals surface area contributed by atoms with E-state index in [1.165, 1.54) is 6.20 Å². The van der Waals surface area contributed by atoms with Crippen molar-refractivity contribution in [2.24, 2.45) is 7.05 Å². The van der Waals surface area contributed by atoms with E-state index in [1.807, 2.05) is 6.92 Å². The van der Waals surface area contributed by atoms with Gasteiger partial charge in [-0.2, -0.15) is 5.10 Å². The van der Waals surface area contributed by atoms with Crippen molar-refractivity contribution in [1.29, 1.82) is 4.78 Å². The van der Waals surface area contributed by atoms with E-state index in [2.05, 4.69) is 5.10 Å². The van der Waals surface area contributed by atoms with Crippen LogP contribution in [0.1, 0.15) is 13.3 Å². The van der Waals surface area contributed by atoms with Gasteiger partial charge >= 0.3 is 0 Å². The van der Waals surface area contributed by atoms with Crippen molar-refractivity contribution < 1.29 is 4.21 Å². The lowest BCUT2D eigenvalue weighted by molar-refractivity contribution is 0.673. The van der Waals surface area contributed by atoms with E-state index in [4.69, 9.17) is 4.78 Å². The minimum Gasteiger partial charge on any atom is -0.275 e. The molecule has 1 N–H and O–H groups in total. The van der Waals surface area contributed by atoms with E-state index in [0.717, 1.165) is 6.42 Å². The Morgan fingerprint density at radius 3 is 2.83 bits per heavy atom. The van der Waals surface area contributed by atoms with Crippen LogP contribution in [0.3, 0.4) is 0 Å². The summed E-state index contributed by atoms with van der Waals surface area (Å²) in [6, 6.07) is 0. The van der Waals surface area contributed by atoms with E-state index in [0.29, 0.717) is 10.6 Å². The first-order valence-corrected chi connectivity index (χ1v) is 5.54. The largest absolute Gasteiger partial charge is 0.275 e. The number of nitrogens with zero attached hydrogens (tertiary/aromatic N) is 2. The number of hydrogen-bond acceptors (Lipinski definition) is 3. The van der Waals surface area contributed by atoms with Crippen molar-refractivity contribution in [1.82, 2.24) is 9.78 Å². The highest BCUT2D eigenvalue weighted by atomic mass is 32.2. The molecule has 1 aromatic rings. The van der Waals surface area contributed by atoms with Gasteiger partial charge in [0.25, 0.3) is 0 Å². The quantitative estimate of drug-likeness (QED) is 0.773. The molecule has 0 saturated heterocycles. The molecule has 4 nitrogen and oxygen atoms in total. The summed E-state index contributed by atoms with van der Waals surface area (Å²) in [5, 5.41) is 3.88. The molecule has 0 aliphatic rings. The van der Waals surface area contributed by atoms with Crippen LogP contribution >= 0.6 is 0 Å². The summed E-state index contributed by atoms with van der Waals surface area (Å²) in [5.41, 5.74) is 0. The molecule has 1 rings (SSSR count). The second-order valence-corrected chi connectivity index (χ2v) is 4.96. The fraction of sp³-hybridized carbons (Fsp3) is 0.571. The van der Waals surface area contributed by atoms with Crippen molar-refractivity contribution >= 4 is 9.73 Å². The molecule has 0 aliphatic carbocycles. The Bertz CT molecular complexity index is 352. The average molecular weight is 187 g/mol. The molecule has 0 fully saturated rings. The Kier molecular flexibility index (Phi) is 2.52. The molecule has 0 unspecified atom stereocenters. The molecular formula is C7H13N3OS. The molecule has 5 heteroatoms. The van der Waals surface area contributed by atoms with Gasteiger partial charge in [-0.1, -0.05) is 6.92 Å². The number of hydrogen-bond donors (Lipinski definition) is 1. The molecule has 1 aromatic heterocycles. The Morgan fingerprint density at radius 1 is 1.75 bits per heavy atom. The zero-order valence-electron chi connectivity index (χ0n) is 7.28. The van der Waals surface area contributed by atoms with Crippen LogP contribution in [0.5, 0.6) is 0 Å². The van der Waals surface area contributed by atoms with Gasteiger partial charge in [0.2, 0.25) is 0 Å². The Labute approximate surface area is 72.6 Å². The van der Waals surface area contributed by atoms with Gasteiger partial charge in [-0.15, -0.1) is 0 Å². The first kappa shape index (κ1) is 9.25. The van der Waals surface area contributed by atoms with Crippen molar-refractivity contribution in [2.45, 2.75) is 18.2 Å². The lowest BCUT2D eigenvalue weighted by Crippen LogP contribution is -2.02. The fourth-order valence-electron chi connectivity index (χ4n) is 0.974. The lowest BCUT2D eigenvalue weighted by Gasteiger charge is -2.00. The number of rotatable bonds is 3. The summed E-state index contributed by atoms with van der Waals surface area (Å²) in [6.07, 6.45) is 3.91. The molecule has 0 amide bonds. The summed E-state index contributed by atoms with van der Waals surface area (Å²) >= 11 is 0. The SMILES string of the molecule is CCC[S@@](=N)(=O)c1cnn(C)c1. The third-order valence-electron chi connectivity index (χ3n) is 1.55. The Hall–Kier alpha value is -0.840. The van der Waals surface area contributed by atoms with Gasteiger partial charge in [0.15, 0.2) is 0 Å². The molecule has 0 radical (unpaired) electrons. The van der Waals surface area contributed by atoms with Crippen LogP contribution < -0.4 is 0 Å². The van der Waals surface area contributed by atoms with E-state index in [-0.39, 0.29) is 0 Å². The minimum atomic E-state index is -2.57. The van der Waals surface area contributed by atoms with Crippen LogP contribution in [0.15, 0.2) is 17.3 Å². The topological polar surface area (TPSA) is 58.7 Å². The maximum atomic E-state index is 11.6. The van der Waals surface area contributed by atoms with Crippen LogP contribution in [0.25, 0.3) is 0 Å². The average Bonchev–Trinajstić information content (AvgIpc) is 2.36. The molecule has 0 bridgehead atoms. The van der Waals surface area contributed by atoms with Gasteiger partial charge in [0.05, 0.1) is 20.8 Å². The van der Waals surface area contributed by atoms with Crippen LogP contribution in [0, 0.1) is 4.78 Å². The highest BCUT2D eigenvalue weighted by Crippen LogP contribution is 2.10. The molecule has 68 valence electrons. The van der Waals surface area contributed by atoms with Crippen LogP contribution in [-0.4, -0.2) is 19.7 Å². The van der Waals surface area contributed by atoms with Crippen LogP contribution in [0.2, 0.25) is 0 Å². The summed E-state index contributed by atoms with van der Waals surface area (Å²) < 4.78 is 20.7. The molecule has 1 atom stereocenters. The molecule has 0 aliphatic heterocycles. The summed E-state index contributed by atoms with van der Waals surface area (Å²) in [6.45, 7) is 1.92. The second-order valence-electron chi connectivity index (χ2n) is 2.73. The summed E-state index contributed by atoms with van der Waals surface area (Å²) in [7, 11) is -0.818. The predicted octanol–water partition coefficient (Wildman–Crippen LogP) is 1.24. The van der Waals surface area contributed by atoms with Crippen molar-refractivity contribution in [3.05, 3.63) is 12.4 Å². The summed E-state index contributed by atoms with van der Waals surface area (Å²) in [5.74, 6) is 0.415. The third kappa shape index (κ3) is 1.85. The molecular weight excluding hydrogens is 174 g/mol. The standard InChI is InChI=1S/C7H13N3OS/c1-3-4-12(8,11)7-5-9-10(2)6-7/h5-6,8H,3-4H2,1-2H3/t12-/m1/s1. The Balaban J connectivity index is 2.98. The molecule has 0 spiro atoms. The van der Waals surface area contributed by atoms with Gasteiger partial charge in [-0.3, -0.25) is 4.68 Å². The predicted molar refractivity (Wildman–Crippen MR) is 47.5 cm³/mol. The number of aryl methyl sites for hydroxylation is 1. The second kappa shape index (κ2) is 3.26. The molecule has 1 heterocycles. The fourth-order valence-corrected chi connectivity index (χ4v) is 2.33. The van der Waals surface area contributed by atoms with Crippen molar-refractivity contribution in [3.63, 3.8) is 0 Å². The van der Waals surface area contributed by atoms with Crippen LogP contribution in [0.4, 0.5) is 0 Å². The third-order valence-corrected chi connectivity index (χ3v) is 3.51.